The van der Waals surface area contributed by atoms with Gasteiger partial charge in [-0.2, -0.15) is 5.26 Å². The van der Waals surface area contributed by atoms with Crippen molar-refractivity contribution in [3.8, 4) is 62.5 Å². The Labute approximate surface area is 264 Å². The SMILES string of the molecule is N#Cc1cccc(-c2cccc(-c3nc(-c4ccccc4)nc(-c4ccc5c(c4)sc4cccc(-c6ccccc6)c45)n3)c2)c1. The van der Waals surface area contributed by atoms with E-state index in [4.69, 9.17) is 15.0 Å². The standard InChI is InChI=1S/C40H24N4S/c41-25-26-10-7-15-29(22-26)30-16-8-17-31(23-30)39-42-38(28-13-5-2-6-14-28)43-40(44-39)32-20-21-34-36(24-32)45-35-19-9-18-33(37(34)35)27-11-3-1-4-12-27/h1-24H. The maximum Gasteiger partial charge on any atom is 0.164 e. The number of nitrogens with zero attached hydrogens (tertiary/aromatic N) is 4. The smallest absolute Gasteiger partial charge is 0.164 e. The fraction of sp³-hybridized carbons (Fsp3) is 0. The van der Waals surface area contributed by atoms with Gasteiger partial charge in [-0.1, -0.05) is 115 Å². The Morgan fingerprint density at radius 1 is 0.444 bits per heavy atom. The van der Waals surface area contributed by atoms with Crippen LogP contribution >= 0.6 is 11.3 Å². The number of fused-ring (bicyclic) bond motifs is 3. The minimum absolute atomic E-state index is 0.597. The minimum atomic E-state index is 0.597. The Kier molecular flexibility index (Phi) is 6.68. The van der Waals surface area contributed by atoms with Crippen molar-refractivity contribution in [2.75, 3.05) is 0 Å². The number of aromatic nitrogens is 3. The Balaban J connectivity index is 1.28. The van der Waals surface area contributed by atoms with Crippen LogP contribution in [0.25, 0.3) is 76.6 Å². The van der Waals surface area contributed by atoms with Crippen molar-refractivity contribution in [2.24, 2.45) is 0 Å². The van der Waals surface area contributed by atoms with Gasteiger partial charge in [0.25, 0.3) is 0 Å². The van der Waals surface area contributed by atoms with Gasteiger partial charge in [-0.15, -0.1) is 11.3 Å². The largest absolute Gasteiger partial charge is 0.208 e. The van der Waals surface area contributed by atoms with E-state index in [1.54, 1.807) is 11.3 Å². The summed E-state index contributed by atoms with van der Waals surface area (Å²) in [5, 5.41) is 11.9. The van der Waals surface area contributed by atoms with Crippen molar-refractivity contribution in [3.05, 3.63) is 151 Å². The van der Waals surface area contributed by atoms with E-state index in [0.29, 0.717) is 23.0 Å². The molecule has 0 spiro atoms. The van der Waals surface area contributed by atoms with Crippen LogP contribution in [0.5, 0.6) is 0 Å². The third kappa shape index (κ3) is 5.04. The fourth-order valence-electron chi connectivity index (χ4n) is 5.78. The molecule has 8 aromatic rings. The van der Waals surface area contributed by atoms with Gasteiger partial charge < -0.3 is 0 Å². The summed E-state index contributed by atoms with van der Waals surface area (Å²) >= 11 is 1.79. The van der Waals surface area contributed by atoms with E-state index in [1.807, 2.05) is 72.8 Å². The van der Waals surface area contributed by atoms with Crippen molar-refractivity contribution in [1.82, 2.24) is 15.0 Å². The number of benzene rings is 6. The topological polar surface area (TPSA) is 62.5 Å². The van der Waals surface area contributed by atoms with Crippen LogP contribution in [0.1, 0.15) is 5.56 Å². The normalized spacial score (nSPS) is 11.1. The first-order valence-corrected chi connectivity index (χ1v) is 15.5. The molecular weight excluding hydrogens is 569 g/mol. The van der Waals surface area contributed by atoms with Crippen molar-refractivity contribution in [1.29, 1.82) is 5.26 Å². The first kappa shape index (κ1) is 26.7. The molecular formula is C40H24N4S. The molecule has 2 aromatic heterocycles. The Morgan fingerprint density at radius 2 is 1.02 bits per heavy atom. The third-order valence-corrected chi connectivity index (χ3v) is 9.07. The molecule has 0 N–H and O–H groups in total. The summed E-state index contributed by atoms with van der Waals surface area (Å²) in [5.41, 5.74) is 7.78. The van der Waals surface area contributed by atoms with Crippen LogP contribution in [0.2, 0.25) is 0 Å². The average Bonchev–Trinajstić information content (AvgIpc) is 3.50. The summed E-state index contributed by atoms with van der Waals surface area (Å²) in [5.74, 6) is 1.84. The number of hydrogen-bond donors (Lipinski definition) is 0. The van der Waals surface area contributed by atoms with E-state index < -0.39 is 0 Å². The van der Waals surface area contributed by atoms with E-state index in [9.17, 15) is 5.26 Å². The quantitative estimate of drug-likeness (QED) is 0.199. The molecule has 0 bridgehead atoms. The Morgan fingerprint density at radius 3 is 1.76 bits per heavy atom. The molecule has 0 aliphatic carbocycles. The van der Waals surface area contributed by atoms with Gasteiger partial charge in [0.05, 0.1) is 11.6 Å². The van der Waals surface area contributed by atoms with Gasteiger partial charge in [-0.3, -0.25) is 0 Å². The van der Waals surface area contributed by atoms with Crippen molar-refractivity contribution in [2.45, 2.75) is 0 Å². The highest BCUT2D eigenvalue weighted by Crippen LogP contribution is 2.41. The average molecular weight is 593 g/mol. The van der Waals surface area contributed by atoms with Crippen molar-refractivity contribution >= 4 is 31.5 Å². The van der Waals surface area contributed by atoms with Crippen LogP contribution in [-0.4, -0.2) is 15.0 Å². The van der Waals surface area contributed by atoms with E-state index in [2.05, 4.69) is 78.9 Å². The van der Waals surface area contributed by atoms with Gasteiger partial charge in [0.1, 0.15) is 0 Å². The van der Waals surface area contributed by atoms with E-state index >= 15 is 0 Å². The van der Waals surface area contributed by atoms with Crippen LogP contribution in [0.15, 0.2) is 146 Å². The van der Waals surface area contributed by atoms with Gasteiger partial charge in [0.2, 0.25) is 0 Å². The van der Waals surface area contributed by atoms with E-state index in [1.165, 1.54) is 31.3 Å². The molecule has 8 rings (SSSR count). The summed E-state index contributed by atoms with van der Waals surface area (Å²) in [6.07, 6.45) is 0. The number of thiophene rings is 1. The molecule has 6 aromatic carbocycles. The van der Waals surface area contributed by atoms with Crippen LogP contribution in [0.4, 0.5) is 0 Å². The molecule has 45 heavy (non-hydrogen) atoms. The zero-order valence-corrected chi connectivity index (χ0v) is 24.9. The molecule has 210 valence electrons. The molecule has 0 saturated heterocycles. The maximum atomic E-state index is 9.42. The Hall–Kier alpha value is -5.96. The molecule has 0 amide bonds. The predicted octanol–water partition coefficient (Wildman–Crippen LogP) is 10.4. The molecule has 2 heterocycles. The number of hydrogen-bond acceptors (Lipinski definition) is 5. The highest BCUT2D eigenvalue weighted by molar-refractivity contribution is 7.26. The van der Waals surface area contributed by atoms with Gasteiger partial charge in [0, 0.05) is 36.9 Å². The van der Waals surface area contributed by atoms with E-state index in [-0.39, 0.29) is 0 Å². The monoisotopic (exact) mass is 592 g/mol. The lowest BCUT2D eigenvalue weighted by Crippen LogP contribution is -2.00. The predicted molar refractivity (Wildman–Crippen MR) is 185 cm³/mol. The summed E-state index contributed by atoms with van der Waals surface area (Å²) in [6, 6.07) is 51.6. The zero-order valence-electron chi connectivity index (χ0n) is 24.1. The van der Waals surface area contributed by atoms with Crippen molar-refractivity contribution in [3.63, 3.8) is 0 Å². The van der Waals surface area contributed by atoms with Crippen molar-refractivity contribution < 1.29 is 0 Å². The lowest BCUT2D eigenvalue weighted by molar-refractivity contribution is 1.07. The molecule has 0 saturated carbocycles. The Bertz CT molecular complexity index is 2390. The highest BCUT2D eigenvalue weighted by atomic mass is 32.1. The fourth-order valence-corrected chi connectivity index (χ4v) is 6.95. The second-order valence-corrected chi connectivity index (χ2v) is 11.9. The van der Waals surface area contributed by atoms with Crippen LogP contribution < -0.4 is 0 Å². The number of rotatable bonds is 5. The first-order chi connectivity index (χ1) is 22.2. The van der Waals surface area contributed by atoms with Gasteiger partial charge in [0.15, 0.2) is 17.5 Å². The van der Waals surface area contributed by atoms with Gasteiger partial charge in [-0.25, -0.2) is 15.0 Å². The molecule has 0 fully saturated rings. The minimum Gasteiger partial charge on any atom is -0.208 e. The molecule has 5 heteroatoms. The first-order valence-electron chi connectivity index (χ1n) is 14.7. The summed E-state index contributed by atoms with van der Waals surface area (Å²) in [6.45, 7) is 0. The van der Waals surface area contributed by atoms with Gasteiger partial charge in [-0.05, 0) is 52.6 Å². The number of nitriles is 1. The van der Waals surface area contributed by atoms with Crippen LogP contribution in [0.3, 0.4) is 0 Å². The molecule has 0 aliphatic rings. The second-order valence-electron chi connectivity index (χ2n) is 10.8. The summed E-state index contributed by atoms with van der Waals surface area (Å²) < 4.78 is 2.44. The van der Waals surface area contributed by atoms with Gasteiger partial charge >= 0.3 is 0 Å². The van der Waals surface area contributed by atoms with Crippen LogP contribution in [0, 0.1) is 11.3 Å². The molecule has 4 nitrogen and oxygen atoms in total. The summed E-state index contributed by atoms with van der Waals surface area (Å²) in [7, 11) is 0. The zero-order chi connectivity index (χ0) is 30.2. The highest BCUT2D eigenvalue weighted by Gasteiger charge is 2.16. The molecule has 0 atom stereocenters. The van der Waals surface area contributed by atoms with Crippen LogP contribution in [-0.2, 0) is 0 Å². The molecule has 0 aliphatic heterocycles. The maximum absolute atomic E-state index is 9.42. The van der Waals surface area contributed by atoms with E-state index in [0.717, 1.165) is 27.8 Å². The summed E-state index contributed by atoms with van der Waals surface area (Å²) in [4.78, 5) is 14.9. The lowest BCUT2D eigenvalue weighted by atomic mass is 9.99. The third-order valence-electron chi connectivity index (χ3n) is 7.95. The lowest BCUT2D eigenvalue weighted by Gasteiger charge is -2.10. The molecule has 0 radical (unpaired) electrons. The second kappa shape index (κ2) is 11.3. The molecule has 0 unspecified atom stereocenters.